The molecule has 1 aromatic carbocycles. The van der Waals surface area contributed by atoms with Gasteiger partial charge in [0.25, 0.3) is 0 Å². The third kappa shape index (κ3) is 4.38. The molecule has 0 atom stereocenters. The summed E-state index contributed by atoms with van der Waals surface area (Å²) in [6.45, 7) is 5.40. The Hall–Kier alpha value is -1.86. The lowest BCUT2D eigenvalue weighted by molar-refractivity contribution is 0.598. The molecule has 1 aromatic rings. The highest BCUT2D eigenvalue weighted by Gasteiger charge is 2.06. The minimum atomic E-state index is -3.66. The number of hydrazine groups is 1. The van der Waals surface area contributed by atoms with Crippen molar-refractivity contribution in [3.8, 4) is 0 Å². The Kier molecular flexibility index (Phi) is 4.68. The van der Waals surface area contributed by atoms with Crippen molar-refractivity contribution in [3.05, 3.63) is 35.5 Å². The van der Waals surface area contributed by atoms with E-state index in [1.165, 1.54) is 12.1 Å². The summed E-state index contributed by atoms with van der Waals surface area (Å²) in [4.78, 5) is 0.0665. The maximum absolute atomic E-state index is 11.1. The second kappa shape index (κ2) is 5.85. The van der Waals surface area contributed by atoms with Crippen LogP contribution in [0.1, 0.15) is 20.8 Å². The van der Waals surface area contributed by atoms with Crippen molar-refractivity contribution in [2.75, 3.05) is 5.43 Å². The van der Waals surface area contributed by atoms with Gasteiger partial charge >= 0.3 is 0 Å². The summed E-state index contributed by atoms with van der Waals surface area (Å²) in [5.41, 5.74) is 8.71. The van der Waals surface area contributed by atoms with Crippen molar-refractivity contribution in [2.45, 2.75) is 25.7 Å². The van der Waals surface area contributed by atoms with Crippen molar-refractivity contribution >= 4 is 21.4 Å². The summed E-state index contributed by atoms with van der Waals surface area (Å²) in [6.07, 6.45) is 0. The van der Waals surface area contributed by atoms with Gasteiger partial charge in [-0.3, -0.25) is 0 Å². The van der Waals surface area contributed by atoms with Crippen LogP contribution in [0.2, 0.25) is 0 Å². The fraction of sp³-hybridized carbons (Fsp3) is 0.250. The first kappa shape index (κ1) is 15.2. The van der Waals surface area contributed by atoms with Crippen LogP contribution in [0.5, 0.6) is 0 Å². The quantitative estimate of drug-likeness (QED) is 0.485. The summed E-state index contributed by atoms with van der Waals surface area (Å²) in [5.74, 6) is 0. The number of allylic oxidation sites excluding steroid dienone is 2. The molecule has 0 amide bonds. The molecule has 0 saturated carbocycles. The van der Waals surface area contributed by atoms with Crippen LogP contribution >= 0.6 is 0 Å². The third-order valence-electron chi connectivity index (χ3n) is 2.70. The molecule has 19 heavy (non-hydrogen) atoms. The Morgan fingerprint density at radius 3 is 2.11 bits per heavy atom. The van der Waals surface area contributed by atoms with Gasteiger partial charge in [0, 0.05) is 11.4 Å². The van der Waals surface area contributed by atoms with E-state index in [0.717, 1.165) is 11.3 Å². The van der Waals surface area contributed by atoms with Gasteiger partial charge in [-0.1, -0.05) is 0 Å². The van der Waals surface area contributed by atoms with Gasteiger partial charge < -0.3 is 16.3 Å². The zero-order valence-corrected chi connectivity index (χ0v) is 11.9. The topological polar surface area (TPSA) is 108 Å². The Balaban J connectivity index is 2.76. The molecule has 0 heterocycles. The molecule has 0 aliphatic carbocycles. The van der Waals surface area contributed by atoms with Gasteiger partial charge in [0.05, 0.1) is 10.6 Å². The fourth-order valence-electron chi connectivity index (χ4n) is 1.27. The minimum Gasteiger partial charge on any atom is -0.305 e. The highest BCUT2D eigenvalue weighted by Crippen LogP contribution is 2.12. The molecule has 0 spiro atoms. The van der Waals surface area contributed by atoms with Crippen molar-refractivity contribution < 1.29 is 8.42 Å². The van der Waals surface area contributed by atoms with Crippen LogP contribution in [0.15, 0.2) is 40.4 Å². The minimum absolute atomic E-state index is 0.0665. The number of hydrogen-bond donors (Lipinski definition) is 4. The zero-order chi connectivity index (χ0) is 14.6. The number of primary sulfonamides is 1. The van der Waals surface area contributed by atoms with Crippen LogP contribution in [-0.2, 0) is 10.0 Å². The number of rotatable bonds is 5. The molecule has 1 rings (SSSR count). The molecule has 6 nitrogen and oxygen atoms in total. The van der Waals surface area contributed by atoms with Crippen molar-refractivity contribution in [3.63, 3.8) is 0 Å². The Morgan fingerprint density at radius 2 is 1.68 bits per heavy atom. The Labute approximate surface area is 113 Å². The number of anilines is 1. The smallest absolute Gasteiger partial charge is 0.238 e. The molecule has 0 bridgehead atoms. The second-order valence-electron chi connectivity index (χ2n) is 4.19. The summed E-state index contributed by atoms with van der Waals surface area (Å²) in [6, 6.07) is 6.06. The molecule has 104 valence electrons. The predicted molar refractivity (Wildman–Crippen MR) is 76.3 cm³/mol. The maximum Gasteiger partial charge on any atom is 0.238 e. The summed E-state index contributed by atoms with van der Waals surface area (Å²) in [5, 5.41) is 12.5. The molecule has 0 aromatic heterocycles. The summed E-state index contributed by atoms with van der Waals surface area (Å²) in [7, 11) is -3.66. The van der Waals surface area contributed by atoms with Gasteiger partial charge in [-0.15, -0.1) is 0 Å². The van der Waals surface area contributed by atoms with Gasteiger partial charge in [-0.25, -0.2) is 13.6 Å². The van der Waals surface area contributed by atoms with E-state index in [1.807, 2.05) is 13.8 Å². The van der Waals surface area contributed by atoms with Crippen LogP contribution in [0, 0.1) is 5.41 Å². The van der Waals surface area contributed by atoms with Gasteiger partial charge in [0.15, 0.2) is 0 Å². The molecule has 0 fully saturated rings. The van der Waals surface area contributed by atoms with Crippen LogP contribution in [0.4, 0.5) is 5.69 Å². The largest absolute Gasteiger partial charge is 0.305 e. The van der Waals surface area contributed by atoms with E-state index < -0.39 is 10.0 Å². The van der Waals surface area contributed by atoms with E-state index in [2.05, 4.69) is 10.9 Å². The highest BCUT2D eigenvalue weighted by atomic mass is 32.2. The molecular weight excluding hydrogens is 264 g/mol. The monoisotopic (exact) mass is 282 g/mol. The van der Waals surface area contributed by atoms with Gasteiger partial charge in [-0.2, -0.15) is 0 Å². The molecule has 0 unspecified atom stereocenters. The molecule has 0 radical (unpaired) electrons. The normalized spacial score (nSPS) is 12.6. The number of hydrogen-bond acceptors (Lipinski definition) is 5. The zero-order valence-electron chi connectivity index (χ0n) is 11.1. The van der Waals surface area contributed by atoms with Gasteiger partial charge in [-0.05, 0) is 50.6 Å². The van der Waals surface area contributed by atoms with Crippen LogP contribution in [0.25, 0.3) is 0 Å². The van der Waals surface area contributed by atoms with Crippen molar-refractivity contribution in [1.82, 2.24) is 5.43 Å². The molecule has 7 heteroatoms. The van der Waals surface area contributed by atoms with Gasteiger partial charge in [0.1, 0.15) is 0 Å². The first-order chi connectivity index (χ1) is 8.71. The average molecular weight is 282 g/mol. The third-order valence-corrected chi connectivity index (χ3v) is 3.63. The molecule has 5 N–H and O–H groups in total. The number of nitrogens with two attached hydrogens (primary N) is 1. The van der Waals surface area contributed by atoms with E-state index in [-0.39, 0.29) is 4.90 Å². The van der Waals surface area contributed by atoms with E-state index in [0.29, 0.717) is 11.4 Å². The lowest BCUT2D eigenvalue weighted by Gasteiger charge is -2.12. The Morgan fingerprint density at radius 1 is 1.16 bits per heavy atom. The maximum atomic E-state index is 11.1. The van der Waals surface area contributed by atoms with Crippen LogP contribution in [0.3, 0.4) is 0 Å². The van der Waals surface area contributed by atoms with E-state index in [4.69, 9.17) is 10.5 Å². The number of sulfonamides is 1. The Bertz CT molecular complexity index is 603. The lowest BCUT2D eigenvalue weighted by atomic mass is 10.2. The van der Waals surface area contributed by atoms with E-state index in [1.54, 1.807) is 19.1 Å². The number of benzene rings is 1. The highest BCUT2D eigenvalue weighted by molar-refractivity contribution is 7.89. The second-order valence-corrected chi connectivity index (χ2v) is 5.76. The van der Waals surface area contributed by atoms with E-state index in [9.17, 15) is 8.42 Å². The standard InChI is InChI=1S/C12H18N4O2S/c1-8(9(2)13)10(3)15-16-11-4-6-12(7-5-11)19(14,17)18/h4-7,13,15-16H,1-3H3,(H2,14,17,18). The lowest BCUT2D eigenvalue weighted by Crippen LogP contribution is -2.21. The van der Waals surface area contributed by atoms with Gasteiger partial charge in [0.2, 0.25) is 10.0 Å². The summed E-state index contributed by atoms with van der Waals surface area (Å²) >= 11 is 0. The average Bonchev–Trinajstić information content (AvgIpc) is 2.34. The first-order valence-electron chi connectivity index (χ1n) is 5.59. The van der Waals surface area contributed by atoms with Crippen LogP contribution < -0.4 is 16.0 Å². The molecule has 0 aliphatic rings. The van der Waals surface area contributed by atoms with Crippen molar-refractivity contribution in [1.29, 1.82) is 5.41 Å². The molecular formula is C12H18N4O2S. The first-order valence-corrected chi connectivity index (χ1v) is 7.14. The fourth-order valence-corrected chi connectivity index (χ4v) is 1.78. The summed E-state index contributed by atoms with van der Waals surface area (Å²) < 4.78 is 22.2. The predicted octanol–water partition coefficient (Wildman–Crippen LogP) is 1.58. The van der Waals surface area contributed by atoms with E-state index >= 15 is 0 Å². The molecule has 0 aliphatic heterocycles. The van der Waals surface area contributed by atoms with Crippen molar-refractivity contribution in [2.24, 2.45) is 5.14 Å². The SMILES string of the molecule is CC(=N)C(C)=C(C)NNc1ccc(S(N)(=O)=O)cc1. The molecule has 0 saturated heterocycles. The number of nitrogens with one attached hydrogen (secondary N) is 3. The van der Waals surface area contributed by atoms with Crippen LogP contribution in [-0.4, -0.2) is 14.1 Å².